The van der Waals surface area contributed by atoms with Gasteiger partial charge in [0.2, 0.25) is 5.91 Å². The van der Waals surface area contributed by atoms with E-state index in [9.17, 15) is 4.79 Å². The third-order valence-electron chi connectivity index (χ3n) is 2.77. The number of nitrogens with two attached hydrogens (primary N) is 1. The van der Waals surface area contributed by atoms with E-state index in [1.54, 1.807) is 0 Å². The van der Waals surface area contributed by atoms with Crippen LogP contribution in [0.15, 0.2) is 16.7 Å². The largest absolute Gasteiger partial charge is 0.356 e. The van der Waals surface area contributed by atoms with Gasteiger partial charge >= 0.3 is 0 Å². The smallest absolute Gasteiger partial charge is 0.226 e. The standard InChI is InChI=1S/C13H17N3O2/c1-8-5-9(2)13-10(6-8)11(16-18-13)7-12(17)15-4-3-14/h5-6H,3-4,7,14H2,1-2H3,(H,15,17). The van der Waals surface area contributed by atoms with Crippen LogP contribution >= 0.6 is 0 Å². The second-order valence-electron chi connectivity index (χ2n) is 4.40. The number of rotatable bonds is 4. The molecule has 0 bridgehead atoms. The Morgan fingerprint density at radius 2 is 2.22 bits per heavy atom. The molecule has 0 unspecified atom stereocenters. The van der Waals surface area contributed by atoms with E-state index in [1.165, 1.54) is 0 Å². The average molecular weight is 247 g/mol. The van der Waals surface area contributed by atoms with Gasteiger partial charge in [0.05, 0.1) is 6.42 Å². The van der Waals surface area contributed by atoms with Crippen LogP contribution < -0.4 is 11.1 Å². The van der Waals surface area contributed by atoms with Crippen molar-refractivity contribution in [2.45, 2.75) is 20.3 Å². The second kappa shape index (κ2) is 5.18. The normalized spacial score (nSPS) is 10.8. The molecular formula is C13H17N3O2. The van der Waals surface area contributed by atoms with Crippen molar-refractivity contribution >= 4 is 16.9 Å². The van der Waals surface area contributed by atoms with Crippen LogP contribution in [0.5, 0.6) is 0 Å². The van der Waals surface area contributed by atoms with Gasteiger partial charge < -0.3 is 15.6 Å². The Morgan fingerprint density at radius 1 is 1.44 bits per heavy atom. The van der Waals surface area contributed by atoms with Crippen molar-refractivity contribution in [1.29, 1.82) is 0 Å². The Balaban J connectivity index is 2.26. The first-order valence-corrected chi connectivity index (χ1v) is 5.94. The van der Waals surface area contributed by atoms with E-state index >= 15 is 0 Å². The van der Waals surface area contributed by atoms with E-state index in [-0.39, 0.29) is 12.3 Å². The van der Waals surface area contributed by atoms with Crippen molar-refractivity contribution in [2.24, 2.45) is 5.73 Å². The Bertz CT molecular complexity index is 575. The van der Waals surface area contributed by atoms with Crippen LogP contribution in [-0.2, 0) is 11.2 Å². The van der Waals surface area contributed by atoms with E-state index in [4.69, 9.17) is 10.3 Å². The van der Waals surface area contributed by atoms with Crippen LogP contribution in [0.2, 0.25) is 0 Å². The van der Waals surface area contributed by atoms with Gasteiger partial charge in [0.15, 0.2) is 5.58 Å². The lowest BCUT2D eigenvalue weighted by Gasteiger charge is -2.01. The van der Waals surface area contributed by atoms with Crippen LogP contribution in [-0.4, -0.2) is 24.2 Å². The summed E-state index contributed by atoms with van der Waals surface area (Å²) in [5.41, 5.74) is 8.92. The molecule has 1 heterocycles. The first-order chi connectivity index (χ1) is 8.61. The summed E-state index contributed by atoms with van der Waals surface area (Å²) < 4.78 is 5.29. The van der Waals surface area contributed by atoms with Crippen molar-refractivity contribution in [3.63, 3.8) is 0 Å². The van der Waals surface area contributed by atoms with Crippen molar-refractivity contribution in [2.75, 3.05) is 13.1 Å². The van der Waals surface area contributed by atoms with Crippen LogP contribution in [0.4, 0.5) is 0 Å². The lowest BCUT2D eigenvalue weighted by Crippen LogP contribution is -2.30. The number of amides is 1. The third kappa shape index (κ3) is 2.51. The summed E-state index contributed by atoms with van der Waals surface area (Å²) in [4.78, 5) is 11.6. The predicted octanol–water partition coefficient (Wildman–Crippen LogP) is 1.06. The van der Waals surface area contributed by atoms with E-state index in [0.717, 1.165) is 22.1 Å². The van der Waals surface area contributed by atoms with E-state index in [0.29, 0.717) is 18.8 Å². The molecule has 96 valence electrons. The van der Waals surface area contributed by atoms with Gasteiger partial charge in [0, 0.05) is 18.5 Å². The molecule has 1 aromatic heterocycles. The molecule has 18 heavy (non-hydrogen) atoms. The number of aryl methyl sites for hydroxylation is 2. The maximum absolute atomic E-state index is 11.6. The molecule has 2 rings (SSSR count). The molecule has 0 aliphatic rings. The number of aromatic nitrogens is 1. The second-order valence-corrected chi connectivity index (χ2v) is 4.40. The highest BCUT2D eigenvalue weighted by atomic mass is 16.5. The van der Waals surface area contributed by atoms with Crippen LogP contribution in [0.3, 0.4) is 0 Å². The highest BCUT2D eigenvalue weighted by molar-refractivity contribution is 5.88. The molecule has 5 nitrogen and oxygen atoms in total. The van der Waals surface area contributed by atoms with E-state index < -0.39 is 0 Å². The fourth-order valence-electron chi connectivity index (χ4n) is 1.99. The van der Waals surface area contributed by atoms with Gasteiger partial charge in [-0.05, 0) is 31.0 Å². The SMILES string of the molecule is Cc1cc(C)c2onc(CC(=O)NCCN)c2c1. The summed E-state index contributed by atoms with van der Waals surface area (Å²) in [6, 6.07) is 4.02. The lowest BCUT2D eigenvalue weighted by atomic mass is 10.1. The van der Waals surface area contributed by atoms with Gasteiger partial charge in [-0.15, -0.1) is 0 Å². The van der Waals surface area contributed by atoms with Gasteiger partial charge in [0.25, 0.3) is 0 Å². The molecule has 0 saturated carbocycles. The van der Waals surface area contributed by atoms with Crippen molar-refractivity contribution in [3.05, 3.63) is 29.0 Å². The number of carbonyl (C=O) groups is 1. The molecule has 0 atom stereocenters. The number of carbonyl (C=O) groups excluding carboxylic acids is 1. The minimum Gasteiger partial charge on any atom is -0.356 e. The van der Waals surface area contributed by atoms with Crippen LogP contribution in [0, 0.1) is 13.8 Å². The molecule has 2 aromatic rings. The monoisotopic (exact) mass is 247 g/mol. The molecule has 0 fully saturated rings. The molecule has 0 saturated heterocycles. The topological polar surface area (TPSA) is 81.2 Å². The zero-order chi connectivity index (χ0) is 13.1. The van der Waals surface area contributed by atoms with E-state index in [1.807, 2.05) is 26.0 Å². The molecule has 0 aliphatic heterocycles. The van der Waals surface area contributed by atoms with Crippen molar-refractivity contribution < 1.29 is 9.32 Å². The van der Waals surface area contributed by atoms with Crippen molar-refractivity contribution in [1.82, 2.24) is 10.5 Å². The lowest BCUT2D eigenvalue weighted by molar-refractivity contribution is -0.120. The van der Waals surface area contributed by atoms with Gasteiger partial charge in [-0.2, -0.15) is 0 Å². The molecule has 1 aromatic carbocycles. The molecule has 0 spiro atoms. The number of nitrogens with zero attached hydrogens (tertiary/aromatic N) is 1. The van der Waals surface area contributed by atoms with Gasteiger partial charge in [-0.25, -0.2) is 0 Å². The molecule has 3 N–H and O–H groups in total. The Labute approximate surface area is 105 Å². The zero-order valence-electron chi connectivity index (χ0n) is 10.6. The fourth-order valence-corrected chi connectivity index (χ4v) is 1.99. The number of hydrogen-bond donors (Lipinski definition) is 2. The minimum atomic E-state index is -0.0881. The minimum absolute atomic E-state index is 0.0881. The molecular weight excluding hydrogens is 230 g/mol. The predicted molar refractivity (Wildman–Crippen MR) is 69.3 cm³/mol. The summed E-state index contributed by atoms with van der Waals surface area (Å²) in [6.07, 6.45) is 0.218. The fraction of sp³-hybridized carbons (Fsp3) is 0.385. The average Bonchev–Trinajstić information content (AvgIpc) is 2.70. The number of benzene rings is 1. The van der Waals surface area contributed by atoms with Gasteiger partial charge in [-0.3, -0.25) is 4.79 Å². The Hall–Kier alpha value is -1.88. The number of nitrogens with one attached hydrogen (secondary N) is 1. The number of fused-ring (bicyclic) bond motifs is 1. The van der Waals surface area contributed by atoms with Crippen LogP contribution in [0.1, 0.15) is 16.8 Å². The number of hydrogen-bond acceptors (Lipinski definition) is 4. The summed E-state index contributed by atoms with van der Waals surface area (Å²) in [5, 5.41) is 7.61. The molecule has 5 heteroatoms. The summed E-state index contributed by atoms with van der Waals surface area (Å²) in [7, 11) is 0. The Morgan fingerprint density at radius 3 is 2.94 bits per heavy atom. The summed E-state index contributed by atoms with van der Waals surface area (Å²) >= 11 is 0. The zero-order valence-corrected chi connectivity index (χ0v) is 10.6. The Kier molecular flexibility index (Phi) is 3.62. The first-order valence-electron chi connectivity index (χ1n) is 5.94. The molecule has 0 aliphatic carbocycles. The van der Waals surface area contributed by atoms with Gasteiger partial charge in [0.1, 0.15) is 5.69 Å². The highest BCUT2D eigenvalue weighted by Gasteiger charge is 2.13. The summed E-state index contributed by atoms with van der Waals surface area (Å²) in [6.45, 7) is 4.90. The maximum Gasteiger partial charge on any atom is 0.226 e. The third-order valence-corrected chi connectivity index (χ3v) is 2.77. The summed E-state index contributed by atoms with van der Waals surface area (Å²) in [5.74, 6) is -0.0881. The quantitative estimate of drug-likeness (QED) is 0.846. The van der Waals surface area contributed by atoms with E-state index in [2.05, 4.69) is 10.5 Å². The van der Waals surface area contributed by atoms with Crippen LogP contribution in [0.25, 0.3) is 11.0 Å². The molecule has 0 radical (unpaired) electrons. The molecule has 1 amide bonds. The highest BCUT2D eigenvalue weighted by Crippen LogP contribution is 2.23. The maximum atomic E-state index is 11.6. The van der Waals surface area contributed by atoms with Gasteiger partial charge in [-0.1, -0.05) is 11.2 Å². The van der Waals surface area contributed by atoms with Crippen molar-refractivity contribution in [3.8, 4) is 0 Å². The first kappa shape index (κ1) is 12.6.